The van der Waals surface area contributed by atoms with E-state index in [-0.39, 0.29) is 0 Å². The first kappa shape index (κ1) is 11.7. The predicted molar refractivity (Wildman–Crippen MR) is 61.9 cm³/mol. The Hall–Kier alpha value is -1.42. The van der Waals surface area contributed by atoms with Gasteiger partial charge in [0.2, 0.25) is 0 Å². The fourth-order valence-electron chi connectivity index (χ4n) is 1.03. The molecule has 0 aromatic heterocycles. The van der Waals surface area contributed by atoms with Gasteiger partial charge in [0, 0.05) is 18.7 Å². The number of hydrogen-bond donors (Lipinski definition) is 0. The third kappa shape index (κ3) is 3.32. The molecular formula is C11H13NO2S. The Bertz CT molecular complexity index is 470. The molecule has 0 N–H and O–H groups in total. The maximum absolute atomic E-state index is 11.7. The Morgan fingerprint density at radius 1 is 1.20 bits per heavy atom. The second kappa shape index (κ2) is 4.89. The summed E-state index contributed by atoms with van der Waals surface area (Å²) in [4.78, 5) is 3.97. The van der Waals surface area contributed by atoms with Crippen molar-refractivity contribution in [2.75, 3.05) is 7.05 Å². The van der Waals surface area contributed by atoms with E-state index in [4.69, 9.17) is 0 Å². The van der Waals surface area contributed by atoms with Gasteiger partial charge in [0.1, 0.15) is 0 Å². The minimum Gasteiger partial charge on any atom is -0.296 e. The zero-order chi connectivity index (χ0) is 11.3. The van der Waals surface area contributed by atoms with Crippen molar-refractivity contribution in [3.63, 3.8) is 0 Å². The first-order valence-corrected chi connectivity index (χ1v) is 6.01. The van der Waals surface area contributed by atoms with E-state index in [0.717, 1.165) is 11.0 Å². The van der Waals surface area contributed by atoms with Crippen LogP contribution in [0.4, 0.5) is 0 Å². The molecule has 0 aliphatic carbocycles. The largest absolute Gasteiger partial charge is 0.296 e. The van der Waals surface area contributed by atoms with E-state index in [2.05, 4.69) is 4.99 Å². The predicted octanol–water partition coefficient (Wildman–Crippen LogP) is 1.98. The zero-order valence-electron chi connectivity index (χ0n) is 8.71. The highest BCUT2D eigenvalue weighted by atomic mass is 32.2. The third-order valence-corrected chi connectivity index (χ3v) is 3.29. The summed E-state index contributed by atoms with van der Waals surface area (Å²) in [5, 5.41) is 1.14. The minimum absolute atomic E-state index is 0.300. The first-order valence-electron chi connectivity index (χ1n) is 4.47. The summed E-state index contributed by atoms with van der Waals surface area (Å²) in [7, 11) is -1.73. The minimum atomic E-state index is -3.32. The average molecular weight is 223 g/mol. The zero-order valence-corrected chi connectivity index (χ0v) is 9.53. The van der Waals surface area contributed by atoms with Crippen LogP contribution in [0.2, 0.25) is 0 Å². The fourth-order valence-corrected chi connectivity index (χ4v) is 1.98. The summed E-state index contributed by atoms with van der Waals surface area (Å²) in [5.74, 6) is 0. The molecule has 0 spiro atoms. The number of aliphatic imine (C=N–C) groups is 1. The summed E-state index contributed by atoms with van der Waals surface area (Å²) in [6.07, 6.45) is 2.85. The summed E-state index contributed by atoms with van der Waals surface area (Å²) in [6.45, 7) is 1.91. The lowest BCUT2D eigenvalue weighted by Gasteiger charge is -1.98. The van der Waals surface area contributed by atoms with E-state index in [0.29, 0.717) is 4.90 Å². The maximum atomic E-state index is 11.7. The monoisotopic (exact) mass is 223 g/mol. The van der Waals surface area contributed by atoms with Crippen molar-refractivity contribution in [1.29, 1.82) is 0 Å². The van der Waals surface area contributed by atoms with Gasteiger partial charge in [-0.3, -0.25) is 4.99 Å². The molecule has 0 fully saturated rings. The summed E-state index contributed by atoms with van der Waals surface area (Å²) < 4.78 is 23.3. The first-order chi connectivity index (χ1) is 7.06. The summed E-state index contributed by atoms with van der Waals surface area (Å²) >= 11 is 0. The Kier molecular flexibility index (Phi) is 3.80. The van der Waals surface area contributed by atoms with Gasteiger partial charge in [-0.25, -0.2) is 8.42 Å². The third-order valence-electron chi connectivity index (χ3n) is 1.84. The second-order valence-corrected chi connectivity index (χ2v) is 4.93. The van der Waals surface area contributed by atoms with Crippen LogP contribution in [0.3, 0.4) is 0 Å². The highest BCUT2D eigenvalue weighted by Gasteiger charge is 2.08. The maximum Gasteiger partial charge on any atom is 0.199 e. The van der Waals surface area contributed by atoms with E-state index < -0.39 is 9.84 Å². The lowest BCUT2D eigenvalue weighted by molar-refractivity contribution is 0.604. The van der Waals surface area contributed by atoms with Crippen molar-refractivity contribution in [2.45, 2.75) is 11.8 Å². The van der Waals surface area contributed by atoms with Crippen LogP contribution in [0, 0.1) is 6.92 Å². The van der Waals surface area contributed by atoms with Crippen LogP contribution in [-0.2, 0) is 9.84 Å². The van der Waals surface area contributed by atoms with Crippen LogP contribution in [0.1, 0.15) is 5.56 Å². The van der Waals surface area contributed by atoms with Crippen LogP contribution in [-0.4, -0.2) is 21.7 Å². The van der Waals surface area contributed by atoms with Crippen LogP contribution in [0.15, 0.2) is 45.6 Å². The Labute approximate surface area is 90.1 Å². The van der Waals surface area contributed by atoms with Crippen LogP contribution >= 0.6 is 0 Å². The number of aryl methyl sites for hydroxylation is 1. The van der Waals surface area contributed by atoms with Crippen LogP contribution in [0.5, 0.6) is 0 Å². The quantitative estimate of drug-likeness (QED) is 0.736. The molecule has 0 aliphatic heterocycles. The van der Waals surface area contributed by atoms with Crippen LogP contribution < -0.4 is 0 Å². The molecule has 80 valence electrons. The number of rotatable bonds is 3. The molecule has 0 saturated heterocycles. The van der Waals surface area contributed by atoms with Crippen LogP contribution in [0.25, 0.3) is 0 Å². The van der Waals surface area contributed by atoms with Gasteiger partial charge in [0.05, 0.1) is 4.90 Å². The van der Waals surface area contributed by atoms with Crippen molar-refractivity contribution >= 4 is 16.1 Å². The number of hydrogen-bond acceptors (Lipinski definition) is 3. The Morgan fingerprint density at radius 2 is 1.80 bits per heavy atom. The standard InChI is InChI=1S/C11H13NO2S/c1-10-4-6-11(7-5-10)15(13,14)9-3-8-12-2/h3-9H,1-2H3/b9-3+,12-8?. The van der Waals surface area contributed by atoms with E-state index in [1.807, 2.05) is 6.92 Å². The molecule has 0 amide bonds. The number of benzene rings is 1. The number of sulfone groups is 1. The van der Waals surface area contributed by atoms with Gasteiger partial charge in [0.25, 0.3) is 0 Å². The summed E-state index contributed by atoms with van der Waals surface area (Å²) in [5.41, 5.74) is 1.04. The van der Waals surface area contributed by atoms with E-state index in [1.54, 1.807) is 31.3 Å². The van der Waals surface area contributed by atoms with E-state index in [9.17, 15) is 8.42 Å². The molecule has 0 radical (unpaired) electrons. The van der Waals surface area contributed by atoms with E-state index in [1.165, 1.54) is 12.3 Å². The molecule has 0 atom stereocenters. The molecule has 0 saturated carbocycles. The molecule has 0 heterocycles. The van der Waals surface area contributed by atoms with Crippen molar-refractivity contribution < 1.29 is 8.42 Å². The molecule has 15 heavy (non-hydrogen) atoms. The summed E-state index contributed by atoms with van der Waals surface area (Å²) in [6, 6.07) is 6.74. The van der Waals surface area contributed by atoms with Crippen molar-refractivity contribution in [1.82, 2.24) is 0 Å². The Morgan fingerprint density at radius 3 is 2.33 bits per heavy atom. The normalized spacial score (nSPS) is 12.7. The smallest absolute Gasteiger partial charge is 0.199 e. The average Bonchev–Trinajstić information content (AvgIpc) is 2.18. The van der Waals surface area contributed by atoms with Gasteiger partial charge in [-0.15, -0.1) is 0 Å². The Balaban J connectivity index is 3.01. The highest BCUT2D eigenvalue weighted by molar-refractivity contribution is 7.94. The number of allylic oxidation sites excluding steroid dienone is 1. The van der Waals surface area contributed by atoms with Gasteiger partial charge in [-0.1, -0.05) is 17.7 Å². The molecule has 0 bridgehead atoms. The molecule has 0 unspecified atom stereocenters. The second-order valence-electron chi connectivity index (χ2n) is 3.09. The van der Waals surface area contributed by atoms with Crippen molar-refractivity contribution in [3.8, 4) is 0 Å². The molecular weight excluding hydrogens is 210 g/mol. The highest BCUT2D eigenvalue weighted by Crippen LogP contribution is 2.12. The topological polar surface area (TPSA) is 46.5 Å². The van der Waals surface area contributed by atoms with Gasteiger partial charge in [-0.05, 0) is 25.1 Å². The molecule has 1 aromatic carbocycles. The molecule has 3 nitrogen and oxygen atoms in total. The number of nitrogens with zero attached hydrogens (tertiary/aromatic N) is 1. The van der Waals surface area contributed by atoms with Gasteiger partial charge in [-0.2, -0.15) is 0 Å². The van der Waals surface area contributed by atoms with Crippen molar-refractivity contribution in [2.24, 2.45) is 4.99 Å². The SMILES string of the molecule is CN=C/C=C/S(=O)(=O)c1ccc(C)cc1. The van der Waals surface area contributed by atoms with Gasteiger partial charge < -0.3 is 0 Å². The molecule has 0 aliphatic rings. The van der Waals surface area contributed by atoms with Gasteiger partial charge in [0.15, 0.2) is 9.84 Å². The lowest BCUT2D eigenvalue weighted by atomic mass is 10.2. The molecule has 4 heteroatoms. The fraction of sp³-hybridized carbons (Fsp3) is 0.182. The molecule has 1 rings (SSSR count). The molecule has 1 aromatic rings. The van der Waals surface area contributed by atoms with E-state index >= 15 is 0 Å². The van der Waals surface area contributed by atoms with Gasteiger partial charge >= 0.3 is 0 Å². The lowest BCUT2D eigenvalue weighted by Crippen LogP contribution is -1.95. The van der Waals surface area contributed by atoms with Crippen molar-refractivity contribution in [3.05, 3.63) is 41.3 Å².